The van der Waals surface area contributed by atoms with E-state index in [4.69, 9.17) is 5.14 Å². The maximum atomic E-state index is 12.1. The predicted octanol–water partition coefficient (Wildman–Crippen LogP) is 4.03. The molecular formula is C18H23BrN2O2S. The van der Waals surface area contributed by atoms with Crippen molar-refractivity contribution in [2.45, 2.75) is 36.4 Å². The monoisotopic (exact) mass is 410 g/mol. The van der Waals surface area contributed by atoms with Gasteiger partial charge in [-0.2, -0.15) is 0 Å². The maximum Gasteiger partial charge on any atom is 0.238 e. The van der Waals surface area contributed by atoms with Crippen molar-refractivity contribution in [1.29, 1.82) is 0 Å². The lowest BCUT2D eigenvalue weighted by Crippen LogP contribution is -2.17. The lowest BCUT2D eigenvalue weighted by Gasteiger charge is -2.17. The average molecular weight is 411 g/mol. The molecule has 0 radical (unpaired) electrons. The molecule has 130 valence electrons. The third kappa shape index (κ3) is 5.06. The SMILES string of the molecule is CCCCNc1cc(CBr)cc(S(N)(=O)=O)c1Cc1ccccc1. The number of nitrogens with one attached hydrogen (secondary N) is 1. The number of sulfonamides is 1. The number of anilines is 1. The molecule has 0 aliphatic rings. The lowest BCUT2D eigenvalue weighted by molar-refractivity contribution is 0.597. The summed E-state index contributed by atoms with van der Waals surface area (Å²) in [6.45, 7) is 2.92. The van der Waals surface area contributed by atoms with Gasteiger partial charge in [-0.05, 0) is 35.2 Å². The van der Waals surface area contributed by atoms with E-state index < -0.39 is 10.0 Å². The summed E-state index contributed by atoms with van der Waals surface area (Å²) < 4.78 is 24.3. The molecule has 0 aliphatic heterocycles. The van der Waals surface area contributed by atoms with Gasteiger partial charge >= 0.3 is 0 Å². The summed E-state index contributed by atoms with van der Waals surface area (Å²) in [6.07, 6.45) is 2.61. The summed E-state index contributed by atoms with van der Waals surface area (Å²) in [5.74, 6) is 0. The number of primary sulfonamides is 1. The molecule has 0 saturated carbocycles. The molecule has 0 heterocycles. The van der Waals surface area contributed by atoms with Gasteiger partial charge in [-0.3, -0.25) is 0 Å². The van der Waals surface area contributed by atoms with Crippen LogP contribution in [0.1, 0.15) is 36.5 Å². The number of benzene rings is 2. The Hall–Kier alpha value is -1.37. The topological polar surface area (TPSA) is 72.2 Å². The van der Waals surface area contributed by atoms with Gasteiger partial charge in [-0.15, -0.1) is 0 Å². The van der Waals surface area contributed by atoms with Gasteiger partial charge in [0.25, 0.3) is 0 Å². The number of halogens is 1. The summed E-state index contributed by atoms with van der Waals surface area (Å²) in [6, 6.07) is 13.5. The van der Waals surface area contributed by atoms with E-state index in [1.807, 2.05) is 36.4 Å². The van der Waals surface area contributed by atoms with Crippen LogP contribution in [0.5, 0.6) is 0 Å². The van der Waals surface area contributed by atoms with Crippen molar-refractivity contribution in [1.82, 2.24) is 0 Å². The third-order valence-electron chi connectivity index (χ3n) is 3.80. The molecule has 24 heavy (non-hydrogen) atoms. The molecule has 0 aliphatic carbocycles. The Kier molecular flexibility index (Phi) is 6.83. The largest absolute Gasteiger partial charge is 0.385 e. The van der Waals surface area contributed by atoms with Crippen LogP contribution in [0, 0.1) is 0 Å². The molecule has 2 aromatic carbocycles. The van der Waals surface area contributed by atoms with Crippen LogP contribution in [0.3, 0.4) is 0 Å². The summed E-state index contributed by atoms with van der Waals surface area (Å²) in [7, 11) is -3.80. The summed E-state index contributed by atoms with van der Waals surface area (Å²) in [5.41, 5.74) is 3.50. The molecule has 0 amide bonds. The predicted molar refractivity (Wildman–Crippen MR) is 103 cm³/mol. The first-order valence-corrected chi connectivity index (χ1v) is 10.6. The second-order valence-electron chi connectivity index (χ2n) is 5.74. The van der Waals surface area contributed by atoms with Crippen molar-refractivity contribution in [3.05, 3.63) is 59.2 Å². The normalized spacial score (nSPS) is 11.5. The molecule has 6 heteroatoms. The van der Waals surface area contributed by atoms with E-state index in [2.05, 4.69) is 28.2 Å². The average Bonchev–Trinajstić information content (AvgIpc) is 2.56. The van der Waals surface area contributed by atoms with E-state index in [1.165, 1.54) is 0 Å². The number of nitrogens with two attached hydrogens (primary N) is 1. The van der Waals surface area contributed by atoms with Crippen LogP contribution < -0.4 is 10.5 Å². The number of alkyl halides is 1. The van der Waals surface area contributed by atoms with E-state index in [1.54, 1.807) is 6.07 Å². The Balaban J connectivity index is 2.53. The molecule has 0 bridgehead atoms. The van der Waals surface area contributed by atoms with Crippen LogP contribution in [0.15, 0.2) is 47.4 Å². The van der Waals surface area contributed by atoms with Crippen molar-refractivity contribution in [3.8, 4) is 0 Å². The highest BCUT2D eigenvalue weighted by Crippen LogP contribution is 2.29. The second kappa shape index (κ2) is 8.65. The molecule has 4 nitrogen and oxygen atoms in total. The highest BCUT2D eigenvalue weighted by molar-refractivity contribution is 9.08. The Morgan fingerprint density at radius 3 is 2.42 bits per heavy atom. The molecule has 0 atom stereocenters. The summed E-state index contributed by atoms with van der Waals surface area (Å²) in [4.78, 5) is 0.197. The highest BCUT2D eigenvalue weighted by atomic mass is 79.9. The quantitative estimate of drug-likeness (QED) is 0.509. The van der Waals surface area contributed by atoms with Gasteiger partial charge in [0.2, 0.25) is 10.0 Å². The van der Waals surface area contributed by atoms with Crippen molar-refractivity contribution >= 4 is 31.6 Å². The third-order valence-corrected chi connectivity index (χ3v) is 5.42. The van der Waals surface area contributed by atoms with Crippen LogP contribution in [-0.2, 0) is 21.8 Å². The zero-order valence-corrected chi connectivity index (χ0v) is 16.2. The van der Waals surface area contributed by atoms with Gasteiger partial charge in [-0.1, -0.05) is 59.6 Å². The number of rotatable bonds is 8. The first-order chi connectivity index (χ1) is 11.5. The first kappa shape index (κ1) is 19.0. The van der Waals surface area contributed by atoms with Crippen molar-refractivity contribution in [3.63, 3.8) is 0 Å². The minimum absolute atomic E-state index is 0.197. The van der Waals surface area contributed by atoms with Crippen LogP contribution >= 0.6 is 15.9 Å². The number of hydrogen-bond donors (Lipinski definition) is 2. The fraction of sp³-hybridized carbons (Fsp3) is 0.333. The Morgan fingerprint density at radius 2 is 1.83 bits per heavy atom. The van der Waals surface area contributed by atoms with Crippen LogP contribution in [0.2, 0.25) is 0 Å². The fourth-order valence-corrected chi connectivity index (χ4v) is 3.74. The molecule has 3 N–H and O–H groups in total. The maximum absolute atomic E-state index is 12.1. The Labute approximate surface area is 152 Å². The zero-order valence-electron chi connectivity index (χ0n) is 13.8. The minimum atomic E-state index is -3.80. The molecular weight excluding hydrogens is 388 g/mol. The molecule has 0 spiro atoms. The molecule has 0 saturated heterocycles. The van der Waals surface area contributed by atoms with E-state index in [9.17, 15) is 8.42 Å². The van der Waals surface area contributed by atoms with E-state index in [0.717, 1.165) is 41.8 Å². The van der Waals surface area contributed by atoms with Gasteiger partial charge in [0.05, 0.1) is 4.90 Å². The zero-order chi connectivity index (χ0) is 17.6. The first-order valence-electron chi connectivity index (χ1n) is 7.98. The minimum Gasteiger partial charge on any atom is -0.385 e. The molecule has 0 fully saturated rings. The van der Waals surface area contributed by atoms with E-state index in [-0.39, 0.29) is 4.90 Å². The smallest absolute Gasteiger partial charge is 0.238 e. The van der Waals surface area contributed by atoms with E-state index in [0.29, 0.717) is 11.8 Å². The van der Waals surface area contributed by atoms with Crippen LogP contribution in [0.25, 0.3) is 0 Å². The van der Waals surface area contributed by atoms with Gasteiger partial charge in [0, 0.05) is 24.0 Å². The van der Waals surface area contributed by atoms with Gasteiger partial charge in [0.15, 0.2) is 0 Å². The Morgan fingerprint density at radius 1 is 1.12 bits per heavy atom. The van der Waals surface area contributed by atoms with Gasteiger partial charge in [0.1, 0.15) is 0 Å². The van der Waals surface area contributed by atoms with Crippen LogP contribution in [-0.4, -0.2) is 15.0 Å². The standard InChI is InChI=1S/C18H23BrN2O2S/c1-2-3-9-21-17-11-15(13-19)12-18(24(20,22)23)16(17)10-14-7-5-4-6-8-14/h4-8,11-12,21H,2-3,9-10,13H2,1H3,(H2,20,22,23). The lowest BCUT2D eigenvalue weighted by atomic mass is 10.0. The Bertz CT molecular complexity index is 777. The van der Waals surface area contributed by atoms with Gasteiger partial charge < -0.3 is 5.32 Å². The van der Waals surface area contributed by atoms with Crippen molar-refractivity contribution in [2.75, 3.05) is 11.9 Å². The van der Waals surface area contributed by atoms with Crippen molar-refractivity contribution in [2.24, 2.45) is 5.14 Å². The fourth-order valence-electron chi connectivity index (χ4n) is 2.57. The molecule has 0 unspecified atom stereocenters. The number of unbranched alkanes of at least 4 members (excludes halogenated alkanes) is 1. The summed E-state index contributed by atoms with van der Waals surface area (Å²) >= 11 is 3.40. The van der Waals surface area contributed by atoms with E-state index >= 15 is 0 Å². The molecule has 2 rings (SSSR count). The summed E-state index contributed by atoms with van der Waals surface area (Å²) in [5, 5.41) is 9.44. The molecule has 2 aromatic rings. The van der Waals surface area contributed by atoms with Crippen LogP contribution in [0.4, 0.5) is 5.69 Å². The highest BCUT2D eigenvalue weighted by Gasteiger charge is 2.19. The van der Waals surface area contributed by atoms with Gasteiger partial charge in [-0.25, -0.2) is 13.6 Å². The number of hydrogen-bond acceptors (Lipinski definition) is 3. The molecule has 0 aromatic heterocycles. The van der Waals surface area contributed by atoms with Crippen molar-refractivity contribution < 1.29 is 8.42 Å². The second-order valence-corrected chi connectivity index (χ2v) is 7.83.